The Kier molecular flexibility index (Phi) is 4.28. The molecule has 1 saturated heterocycles. The Morgan fingerprint density at radius 3 is 2.83 bits per heavy atom. The zero-order valence-electron chi connectivity index (χ0n) is 13.2. The molecule has 2 heterocycles. The van der Waals surface area contributed by atoms with E-state index in [9.17, 15) is 9.59 Å². The van der Waals surface area contributed by atoms with Gasteiger partial charge in [-0.15, -0.1) is 0 Å². The van der Waals surface area contributed by atoms with Gasteiger partial charge in [0.15, 0.2) is 0 Å². The summed E-state index contributed by atoms with van der Waals surface area (Å²) in [5.41, 5.74) is 7.19. The molecule has 0 radical (unpaired) electrons. The smallest absolute Gasteiger partial charge is 0.227 e. The Morgan fingerprint density at radius 2 is 2.04 bits per heavy atom. The minimum atomic E-state index is -0.318. The number of nitrogens with two attached hydrogens (primary N) is 1. The van der Waals surface area contributed by atoms with Gasteiger partial charge in [0.2, 0.25) is 11.8 Å². The fraction of sp³-hybridized carbons (Fsp3) is 0.389. The highest BCUT2D eigenvalue weighted by molar-refractivity contribution is 5.88. The van der Waals surface area contributed by atoms with Gasteiger partial charge in [0.05, 0.1) is 17.9 Å². The summed E-state index contributed by atoms with van der Waals surface area (Å²) in [4.78, 5) is 30.4. The Hall–Kier alpha value is -2.43. The highest BCUT2D eigenvalue weighted by Crippen LogP contribution is 2.24. The number of nitrogens with zero attached hydrogens (tertiary/aromatic N) is 2. The number of likely N-dealkylation sites (tertiary alicyclic amines) is 1. The summed E-state index contributed by atoms with van der Waals surface area (Å²) < 4.78 is 0. The van der Waals surface area contributed by atoms with Gasteiger partial charge in [-0.1, -0.05) is 24.3 Å². The molecular weight excluding hydrogens is 290 g/mol. The fourth-order valence-electron chi connectivity index (χ4n) is 3.26. The lowest BCUT2D eigenvalue weighted by molar-refractivity contribution is -0.136. The number of pyridine rings is 1. The largest absolute Gasteiger partial charge is 0.369 e. The number of primary amides is 1. The predicted octanol–water partition coefficient (Wildman–Crippen LogP) is 1.89. The molecule has 2 amide bonds. The van der Waals surface area contributed by atoms with Crippen LogP contribution in [0.5, 0.6) is 0 Å². The van der Waals surface area contributed by atoms with Crippen LogP contribution in [-0.2, 0) is 16.0 Å². The molecule has 5 heteroatoms. The number of carbonyl (C=O) groups excluding carboxylic acids is 2. The van der Waals surface area contributed by atoms with E-state index in [2.05, 4.69) is 4.98 Å². The number of piperidine rings is 1. The molecule has 1 aromatic heterocycles. The first-order valence-corrected chi connectivity index (χ1v) is 7.97. The molecule has 120 valence electrons. The molecule has 23 heavy (non-hydrogen) atoms. The van der Waals surface area contributed by atoms with Gasteiger partial charge in [-0.05, 0) is 31.4 Å². The Balaban J connectivity index is 1.81. The second-order valence-corrected chi connectivity index (χ2v) is 6.24. The topological polar surface area (TPSA) is 76.3 Å². The summed E-state index contributed by atoms with van der Waals surface area (Å²) in [6.07, 6.45) is 3.61. The van der Waals surface area contributed by atoms with Crippen LogP contribution in [0.25, 0.3) is 10.9 Å². The maximum Gasteiger partial charge on any atom is 0.227 e. The zero-order chi connectivity index (χ0) is 16.4. The minimum Gasteiger partial charge on any atom is -0.369 e. The van der Waals surface area contributed by atoms with Crippen molar-refractivity contribution in [2.45, 2.75) is 32.2 Å². The molecule has 1 aliphatic heterocycles. The Morgan fingerprint density at radius 1 is 1.26 bits per heavy atom. The van der Waals surface area contributed by atoms with Crippen LogP contribution in [0.2, 0.25) is 0 Å². The first-order valence-electron chi connectivity index (χ1n) is 7.97. The average molecular weight is 311 g/mol. The van der Waals surface area contributed by atoms with Gasteiger partial charge < -0.3 is 10.6 Å². The number of carbonyl (C=O) groups is 2. The van der Waals surface area contributed by atoms with Crippen molar-refractivity contribution in [2.24, 2.45) is 11.7 Å². The standard InChI is InChI=1S/C18H21N3O2/c1-12-7-8-15(18(19)23)11-21(12)16(22)10-14-5-2-4-13-6-3-9-20-17(13)14/h2-6,9,12,15H,7-8,10-11H2,1H3,(H2,19,23)/t12-,15-/m1/s1. The number of hydrogen-bond acceptors (Lipinski definition) is 3. The predicted molar refractivity (Wildman–Crippen MR) is 88.5 cm³/mol. The molecule has 0 bridgehead atoms. The van der Waals surface area contributed by atoms with Gasteiger partial charge in [-0.25, -0.2) is 0 Å². The minimum absolute atomic E-state index is 0.0293. The third-order valence-electron chi connectivity index (χ3n) is 4.66. The Labute approximate surface area is 135 Å². The highest BCUT2D eigenvalue weighted by atomic mass is 16.2. The average Bonchev–Trinajstić information content (AvgIpc) is 2.55. The van der Waals surface area contributed by atoms with Gasteiger partial charge in [-0.3, -0.25) is 14.6 Å². The third-order valence-corrected chi connectivity index (χ3v) is 4.66. The Bertz CT molecular complexity index is 739. The molecule has 2 atom stereocenters. The van der Waals surface area contributed by atoms with Crippen LogP contribution >= 0.6 is 0 Å². The normalized spacial score (nSPS) is 21.3. The van der Waals surface area contributed by atoms with Crippen molar-refractivity contribution in [3.63, 3.8) is 0 Å². The van der Waals surface area contributed by atoms with Gasteiger partial charge >= 0.3 is 0 Å². The van der Waals surface area contributed by atoms with E-state index in [4.69, 9.17) is 5.73 Å². The van der Waals surface area contributed by atoms with Crippen molar-refractivity contribution in [2.75, 3.05) is 6.54 Å². The molecule has 1 aliphatic rings. The van der Waals surface area contributed by atoms with Crippen molar-refractivity contribution in [1.82, 2.24) is 9.88 Å². The van der Waals surface area contributed by atoms with Crippen LogP contribution in [0, 0.1) is 5.92 Å². The van der Waals surface area contributed by atoms with Crippen LogP contribution in [0.3, 0.4) is 0 Å². The van der Waals surface area contributed by atoms with Crippen molar-refractivity contribution in [1.29, 1.82) is 0 Å². The lowest BCUT2D eigenvalue weighted by Crippen LogP contribution is -2.49. The molecule has 0 aliphatic carbocycles. The van der Waals surface area contributed by atoms with Gasteiger partial charge in [0, 0.05) is 24.2 Å². The zero-order valence-corrected chi connectivity index (χ0v) is 13.2. The molecule has 0 saturated carbocycles. The number of fused-ring (bicyclic) bond motifs is 1. The SMILES string of the molecule is C[C@@H]1CC[C@@H](C(N)=O)CN1C(=O)Cc1cccc2cccnc12. The lowest BCUT2D eigenvalue weighted by Gasteiger charge is -2.37. The van der Waals surface area contributed by atoms with Crippen LogP contribution in [0.1, 0.15) is 25.3 Å². The summed E-state index contributed by atoms with van der Waals surface area (Å²) in [6, 6.07) is 9.89. The van der Waals surface area contributed by atoms with Gasteiger partial charge in [0.25, 0.3) is 0 Å². The molecule has 1 aromatic carbocycles. The first kappa shape index (κ1) is 15.5. The number of amides is 2. The summed E-state index contributed by atoms with van der Waals surface area (Å²) in [5.74, 6) is -0.524. The quantitative estimate of drug-likeness (QED) is 0.940. The van der Waals surface area contributed by atoms with Gasteiger partial charge in [-0.2, -0.15) is 0 Å². The number of rotatable bonds is 3. The van der Waals surface area contributed by atoms with E-state index >= 15 is 0 Å². The molecule has 3 rings (SSSR count). The molecule has 0 unspecified atom stereocenters. The first-order chi connectivity index (χ1) is 11.1. The van der Waals surface area contributed by atoms with Crippen LogP contribution < -0.4 is 5.73 Å². The van der Waals surface area contributed by atoms with Crippen molar-refractivity contribution in [3.05, 3.63) is 42.1 Å². The maximum atomic E-state index is 12.7. The van der Waals surface area contributed by atoms with Crippen molar-refractivity contribution in [3.8, 4) is 0 Å². The molecule has 2 N–H and O–H groups in total. The van der Waals surface area contributed by atoms with E-state index < -0.39 is 0 Å². The second kappa shape index (κ2) is 6.36. The van der Waals surface area contributed by atoms with E-state index in [0.717, 1.165) is 29.3 Å². The van der Waals surface area contributed by atoms with E-state index in [0.29, 0.717) is 13.0 Å². The maximum absolute atomic E-state index is 12.7. The number of aromatic nitrogens is 1. The molecule has 2 aromatic rings. The van der Waals surface area contributed by atoms with Crippen LogP contribution in [-0.4, -0.2) is 34.3 Å². The second-order valence-electron chi connectivity index (χ2n) is 6.24. The molecule has 1 fully saturated rings. The number of benzene rings is 1. The summed E-state index contributed by atoms with van der Waals surface area (Å²) in [5, 5.41) is 1.03. The fourth-order valence-corrected chi connectivity index (χ4v) is 3.26. The molecular formula is C18H21N3O2. The lowest BCUT2D eigenvalue weighted by atomic mass is 9.92. The summed E-state index contributed by atoms with van der Waals surface area (Å²) >= 11 is 0. The molecule has 0 spiro atoms. The third kappa shape index (κ3) is 3.18. The molecule has 5 nitrogen and oxygen atoms in total. The monoisotopic (exact) mass is 311 g/mol. The van der Waals surface area contributed by atoms with Crippen molar-refractivity contribution < 1.29 is 9.59 Å². The van der Waals surface area contributed by atoms with E-state index in [1.807, 2.05) is 37.3 Å². The number of para-hydroxylation sites is 1. The van der Waals surface area contributed by atoms with Crippen LogP contribution in [0.4, 0.5) is 0 Å². The van der Waals surface area contributed by atoms with Gasteiger partial charge in [0.1, 0.15) is 0 Å². The van der Waals surface area contributed by atoms with Crippen molar-refractivity contribution >= 4 is 22.7 Å². The van der Waals surface area contributed by atoms with E-state index in [1.165, 1.54) is 0 Å². The highest BCUT2D eigenvalue weighted by Gasteiger charge is 2.31. The van der Waals surface area contributed by atoms with E-state index in [-0.39, 0.29) is 23.8 Å². The summed E-state index contributed by atoms with van der Waals surface area (Å²) in [7, 11) is 0. The number of hydrogen-bond donors (Lipinski definition) is 1. The summed E-state index contributed by atoms with van der Waals surface area (Å²) in [6.45, 7) is 2.45. The van der Waals surface area contributed by atoms with Crippen LogP contribution in [0.15, 0.2) is 36.5 Å². The van der Waals surface area contributed by atoms with E-state index in [1.54, 1.807) is 11.1 Å².